The lowest BCUT2D eigenvalue weighted by atomic mass is 10.0. The maximum atomic E-state index is 12.1. The van der Waals surface area contributed by atoms with Gasteiger partial charge in [0.05, 0.1) is 18.4 Å². The number of amides is 1. The Labute approximate surface area is 145 Å². The van der Waals surface area contributed by atoms with Gasteiger partial charge < -0.3 is 10.1 Å². The average Bonchev–Trinajstić information content (AvgIpc) is 2.47. The van der Waals surface area contributed by atoms with Crippen LogP contribution in [0.3, 0.4) is 0 Å². The van der Waals surface area contributed by atoms with E-state index in [9.17, 15) is 13.2 Å². The van der Waals surface area contributed by atoms with Crippen LogP contribution in [0.15, 0.2) is 22.7 Å². The molecule has 0 saturated carbocycles. The number of hydrogen-bond donors (Lipinski definition) is 1. The molecule has 0 fully saturated rings. The summed E-state index contributed by atoms with van der Waals surface area (Å²) in [6, 6.07) is 5.41. The summed E-state index contributed by atoms with van der Waals surface area (Å²) >= 11 is 3.40. The minimum atomic E-state index is -3.34. The van der Waals surface area contributed by atoms with Crippen LogP contribution in [0.5, 0.6) is 5.75 Å². The SMILES string of the molecule is CCCCCS(=O)(=O)CC(=O)NC1CCOc2ccc(Br)cc21. The van der Waals surface area contributed by atoms with Crippen molar-refractivity contribution in [3.05, 3.63) is 28.2 Å². The van der Waals surface area contributed by atoms with Crippen molar-refractivity contribution >= 4 is 31.7 Å². The van der Waals surface area contributed by atoms with E-state index in [1.165, 1.54) is 0 Å². The molecule has 1 aromatic carbocycles. The Morgan fingerprint density at radius 2 is 2.17 bits per heavy atom. The lowest BCUT2D eigenvalue weighted by Gasteiger charge is -2.27. The number of halogens is 1. The largest absolute Gasteiger partial charge is 0.493 e. The molecule has 128 valence electrons. The van der Waals surface area contributed by atoms with Crippen molar-refractivity contribution in [1.82, 2.24) is 5.32 Å². The Hall–Kier alpha value is -1.08. The van der Waals surface area contributed by atoms with E-state index in [0.717, 1.165) is 28.6 Å². The van der Waals surface area contributed by atoms with E-state index in [-0.39, 0.29) is 11.8 Å². The highest BCUT2D eigenvalue weighted by molar-refractivity contribution is 9.10. The van der Waals surface area contributed by atoms with Gasteiger partial charge in [0, 0.05) is 16.5 Å². The molecule has 1 aromatic rings. The summed E-state index contributed by atoms with van der Waals surface area (Å²) in [6.07, 6.45) is 3.06. The standard InChI is InChI=1S/C16H22BrNO4S/c1-2-3-4-9-23(20,21)11-16(19)18-14-7-8-22-15-6-5-12(17)10-13(14)15/h5-6,10,14H,2-4,7-9,11H2,1H3,(H,18,19). The van der Waals surface area contributed by atoms with Crippen LogP contribution in [-0.4, -0.2) is 32.4 Å². The van der Waals surface area contributed by atoms with Gasteiger partial charge >= 0.3 is 0 Å². The van der Waals surface area contributed by atoms with Crippen LogP contribution in [0, 0.1) is 0 Å². The molecule has 1 aliphatic heterocycles. The minimum absolute atomic E-state index is 0.0736. The zero-order valence-electron chi connectivity index (χ0n) is 13.2. The van der Waals surface area contributed by atoms with Gasteiger partial charge in [-0.1, -0.05) is 35.7 Å². The molecular weight excluding hydrogens is 382 g/mol. The summed E-state index contributed by atoms with van der Waals surface area (Å²) in [5.74, 6) is -0.0865. The van der Waals surface area contributed by atoms with E-state index in [1.54, 1.807) is 0 Å². The third-order valence-corrected chi connectivity index (χ3v) is 5.86. The number of carbonyl (C=O) groups excluding carboxylic acids is 1. The van der Waals surface area contributed by atoms with E-state index < -0.39 is 21.5 Å². The first kappa shape index (κ1) is 18.3. The van der Waals surface area contributed by atoms with E-state index in [0.29, 0.717) is 19.4 Å². The molecule has 1 aliphatic rings. The summed E-state index contributed by atoms with van der Waals surface area (Å²) in [5.41, 5.74) is 0.877. The highest BCUT2D eigenvalue weighted by Crippen LogP contribution is 2.34. The Kier molecular flexibility index (Phi) is 6.47. The first-order valence-corrected chi connectivity index (χ1v) is 10.4. The van der Waals surface area contributed by atoms with Crippen LogP contribution in [0.4, 0.5) is 0 Å². The van der Waals surface area contributed by atoms with Crippen molar-refractivity contribution in [2.45, 2.75) is 38.6 Å². The number of hydrogen-bond acceptors (Lipinski definition) is 4. The second kappa shape index (κ2) is 8.15. The Morgan fingerprint density at radius 1 is 1.39 bits per heavy atom. The fraction of sp³-hybridized carbons (Fsp3) is 0.562. The molecule has 1 amide bonds. The normalized spacial score (nSPS) is 17.2. The number of ether oxygens (including phenoxy) is 1. The van der Waals surface area contributed by atoms with E-state index in [2.05, 4.69) is 21.2 Å². The summed E-state index contributed by atoms with van der Waals surface area (Å²) in [6.45, 7) is 2.52. The summed E-state index contributed by atoms with van der Waals surface area (Å²) in [5, 5.41) is 2.83. The maximum absolute atomic E-state index is 12.1. The van der Waals surface area contributed by atoms with E-state index in [4.69, 9.17) is 4.74 Å². The predicted molar refractivity (Wildman–Crippen MR) is 93.3 cm³/mol. The molecule has 0 bridgehead atoms. The molecule has 1 heterocycles. The molecule has 2 rings (SSSR count). The van der Waals surface area contributed by atoms with Gasteiger partial charge in [-0.15, -0.1) is 0 Å². The maximum Gasteiger partial charge on any atom is 0.235 e. The summed E-state index contributed by atoms with van der Waals surface area (Å²) in [4.78, 5) is 12.1. The Bertz CT molecular complexity index is 660. The molecule has 1 atom stereocenters. The summed E-state index contributed by atoms with van der Waals surface area (Å²) < 4.78 is 30.4. The molecule has 0 aromatic heterocycles. The van der Waals surface area contributed by atoms with Gasteiger partial charge in [0.15, 0.2) is 9.84 Å². The fourth-order valence-electron chi connectivity index (χ4n) is 2.60. The highest BCUT2D eigenvalue weighted by atomic mass is 79.9. The zero-order valence-corrected chi connectivity index (χ0v) is 15.6. The van der Waals surface area contributed by atoms with Crippen molar-refractivity contribution in [2.24, 2.45) is 0 Å². The second-order valence-corrected chi connectivity index (χ2v) is 8.84. The minimum Gasteiger partial charge on any atom is -0.493 e. The van der Waals surface area contributed by atoms with Gasteiger partial charge in [0.2, 0.25) is 5.91 Å². The number of carbonyl (C=O) groups is 1. The molecule has 0 spiro atoms. The molecule has 0 saturated heterocycles. The van der Waals surface area contributed by atoms with Crippen LogP contribution in [0.25, 0.3) is 0 Å². The topological polar surface area (TPSA) is 72.5 Å². The number of benzene rings is 1. The Morgan fingerprint density at radius 3 is 2.91 bits per heavy atom. The van der Waals surface area contributed by atoms with Crippen molar-refractivity contribution in [3.8, 4) is 5.75 Å². The highest BCUT2D eigenvalue weighted by Gasteiger charge is 2.25. The van der Waals surface area contributed by atoms with Crippen molar-refractivity contribution < 1.29 is 17.9 Å². The van der Waals surface area contributed by atoms with Crippen LogP contribution in [0.2, 0.25) is 0 Å². The van der Waals surface area contributed by atoms with Gasteiger partial charge in [-0.3, -0.25) is 4.79 Å². The van der Waals surface area contributed by atoms with Crippen molar-refractivity contribution in [1.29, 1.82) is 0 Å². The fourth-order valence-corrected chi connectivity index (χ4v) is 4.24. The average molecular weight is 404 g/mol. The molecule has 23 heavy (non-hydrogen) atoms. The lowest BCUT2D eigenvalue weighted by molar-refractivity contribution is -0.119. The third-order valence-electron chi connectivity index (χ3n) is 3.76. The number of sulfone groups is 1. The quantitative estimate of drug-likeness (QED) is 0.710. The number of fused-ring (bicyclic) bond motifs is 1. The molecular formula is C16H22BrNO4S. The van der Waals surface area contributed by atoms with Gasteiger partial charge in [-0.2, -0.15) is 0 Å². The number of nitrogens with one attached hydrogen (secondary N) is 1. The molecule has 1 N–H and O–H groups in total. The second-order valence-electron chi connectivity index (χ2n) is 5.74. The smallest absolute Gasteiger partial charge is 0.235 e. The lowest BCUT2D eigenvalue weighted by Crippen LogP contribution is -2.36. The molecule has 0 aliphatic carbocycles. The molecule has 0 radical (unpaired) electrons. The van der Waals surface area contributed by atoms with Gasteiger partial charge in [-0.05, 0) is 24.6 Å². The molecule has 5 nitrogen and oxygen atoms in total. The van der Waals surface area contributed by atoms with Gasteiger partial charge in [-0.25, -0.2) is 8.42 Å². The summed E-state index contributed by atoms with van der Waals surface area (Å²) in [7, 11) is -3.34. The first-order chi connectivity index (χ1) is 10.9. The van der Waals surface area contributed by atoms with E-state index in [1.807, 2.05) is 25.1 Å². The van der Waals surface area contributed by atoms with Crippen LogP contribution in [0.1, 0.15) is 44.2 Å². The predicted octanol–water partition coefficient (Wildman–Crippen LogP) is 2.99. The number of unbranched alkanes of at least 4 members (excludes halogenated alkanes) is 2. The van der Waals surface area contributed by atoms with Crippen molar-refractivity contribution in [3.63, 3.8) is 0 Å². The molecule has 1 unspecified atom stereocenters. The van der Waals surface area contributed by atoms with Crippen LogP contribution >= 0.6 is 15.9 Å². The van der Waals surface area contributed by atoms with Crippen LogP contribution < -0.4 is 10.1 Å². The van der Waals surface area contributed by atoms with Gasteiger partial charge in [0.1, 0.15) is 11.5 Å². The number of rotatable bonds is 7. The third kappa shape index (κ3) is 5.49. The van der Waals surface area contributed by atoms with Crippen molar-refractivity contribution in [2.75, 3.05) is 18.1 Å². The first-order valence-electron chi connectivity index (χ1n) is 7.83. The van der Waals surface area contributed by atoms with E-state index >= 15 is 0 Å². The molecule has 7 heteroatoms. The van der Waals surface area contributed by atoms with Crippen LogP contribution in [-0.2, 0) is 14.6 Å². The monoisotopic (exact) mass is 403 g/mol. The van der Waals surface area contributed by atoms with Gasteiger partial charge in [0.25, 0.3) is 0 Å². The Balaban J connectivity index is 1.98. The zero-order chi connectivity index (χ0) is 16.9.